The van der Waals surface area contributed by atoms with E-state index >= 15 is 0 Å². The Hall–Kier alpha value is -0.330. The molecule has 0 radical (unpaired) electrons. The standard InChI is InChI=1S/C13H26O/c1-11(2)7-5-8-12(3)9-6-10-13(4)14/h11-12H,5-10H2,1-4H3/t12-/m0/s1. The van der Waals surface area contributed by atoms with Crippen molar-refractivity contribution in [2.45, 2.75) is 66.2 Å². The summed E-state index contributed by atoms with van der Waals surface area (Å²) in [4.78, 5) is 10.7. The molecule has 0 fully saturated rings. The van der Waals surface area contributed by atoms with Crippen molar-refractivity contribution < 1.29 is 4.79 Å². The van der Waals surface area contributed by atoms with Gasteiger partial charge in [0.05, 0.1) is 0 Å². The second-order valence-corrected chi connectivity index (χ2v) is 5.02. The van der Waals surface area contributed by atoms with Crippen molar-refractivity contribution in [2.24, 2.45) is 11.8 Å². The lowest BCUT2D eigenvalue weighted by atomic mass is 9.95. The molecule has 0 spiro atoms. The predicted octanol–water partition coefficient (Wildman–Crippen LogP) is 4.21. The van der Waals surface area contributed by atoms with E-state index in [1.54, 1.807) is 6.92 Å². The maximum absolute atomic E-state index is 10.7. The van der Waals surface area contributed by atoms with Crippen LogP contribution in [0.4, 0.5) is 0 Å². The molecule has 0 amide bonds. The molecule has 1 atom stereocenters. The van der Waals surface area contributed by atoms with E-state index in [4.69, 9.17) is 0 Å². The summed E-state index contributed by atoms with van der Waals surface area (Å²) in [6.07, 6.45) is 7.09. The van der Waals surface area contributed by atoms with E-state index in [-0.39, 0.29) is 0 Å². The van der Waals surface area contributed by atoms with Crippen molar-refractivity contribution in [2.75, 3.05) is 0 Å². The second kappa shape index (κ2) is 8.02. The van der Waals surface area contributed by atoms with Gasteiger partial charge in [-0.15, -0.1) is 0 Å². The highest BCUT2D eigenvalue weighted by Gasteiger charge is 2.03. The van der Waals surface area contributed by atoms with Crippen molar-refractivity contribution >= 4 is 5.78 Å². The Kier molecular flexibility index (Phi) is 7.83. The molecule has 0 saturated carbocycles. The van der Waals surface area contributed by atoms with Gasteiger partial charge in [-0.3, -0.25) is 0 Å². The molecular formula is C13H26O. The van der Waals surface area contributed by atoms with Crippen LogP contribution in [0.25, 0.3) is 0 Å². The number of carbonyl (C=O) groups is 1. The minimum atomic E-state index is 0.333. The molecule has 0 unspecified atom stereocenters. The van der Waals surface area contributed by atoms with E-state index < -0.39 is 0 Å². The van der Waals surface area contributed by atoms with Crippen LogP contribution in [0.15, 0.2) is 0 Å². The van der Waals surface area contributed by atoms with Crippen molar-refractivity contribution in [1.82, 2.24) is 0 Å². The SMILES string of the molecule is CC(=O)CCC[C@@H](C)CCCC(C)C. The molecule has 1 nitrogen and oxygen atoms in total. The number of carbonyl (C=O) groups excluding carboxylic acids is 1. The fraction of sp³-hybridized carbons (Fsp3) is 0.923. The highest BCUT2D eigenvalue weighted by Crippen LogP contribution is 2.17. The average molecular weight is 198 g/mol. The Balaban J connectivity index is 3.27. The second-order valence-electron chi connectivity index (χ2n) is 5.02. The van der Waals surface area contributed by atoms with Gasteiger partial charge in [0, 0.05) is 6.42 Å². The van der Waals surface area contributed by atoms with E-state index in [9.17, 15) is 4.79 Å². The van der Waals surface area contributed by atoms with E-state index in [0.717, 1.165) is 24.7 Å². The molecule has 14 heavy (non-hydrogen) atoms. The van der Waals surface area contributed by atoms with Gasteiger partial charge in [0.25, 0.3) is 0 Å². The molecule has 0 aliphatic carbocycles. The van der Waals surface area contributed by atoms with Crippen LogP contribution in [0.3, 0.4) is 0 Å². The first kappa shape index (κ1) is 13.7. The van der Waals surface area contributed by atoms with Crippen molar-refractivity contribution in [3.05, 3.63) is 0 Å². The first-order valence-electron chi connectivity index (χ1n) is 6.01. The van der Waals surface area contributed by atoms with Crippen molar-refractivity contribution in [1.29, 1.82) is 0 Å². The van der Waals surface area contributed by atoms with E-state index in [1.807, 2.05) is 0 Å². The van der Waals surface area contributed by atoms with E-state index in [1.165, 1.54) is 25.7 Å². The molecule has 0 aliphatic heterocycles. The van der Waals surface area contributed by atoms with Crippen molar-refractivity contribution in [3.63, 3.8) is 0 Å². The van der Waals surface area contributed by atoms with Gasteiger partial charge >= 0.3 is 0 Å². The van der Waals surface area contributed by atoms with Gasteiger partial charge in [-0.1, -0.05) is 46.5 Å². The molecule has 0 rings (SSSR count). The maximum atomic E-state index is 10.7. The summed E-state index contributed by atoms with van der Waals surface area (Å²) in [7, 11) is 0. The summed E-state index contributed by atoms with van der Waals surface area (Å²) in [5.74, 6) is 1.96. The van der Waals surface area contributed by atoms with Crippen LogP contribution >= 0.6 is 0 Å². The molecule has 0 heterocycles. The maximum Gasteiger partial charge on any atom is 0.129 e. The largest absolute Gasteiger partial charge is 0.300 e. The van der Waals surface area contributed by atoms with E-state index in [0.29, 0.717) is 5.78 Å². The van der Waals surface area contributed by atoms with Crippen LogP contribution < -0.4 is 0 Å². The Labute approximate surface area is 89.3 Å². The molecule has 0 aromatic carbocycles. The number of Topliss-reactive ketones (excluding diaryl/α,β-unsaturated/α-hetero) is 1. The number of rotatable bonds is 8. The van der Waals surface area contributed by atoms with Gasteiger partial charge in [-0.25, -0.2) is 0 Å². The topological polar surface area (TPSA) is 17.1 Å². The van der Waals surface area contributed by atoms with Gasteiger partial charge in [-0.05, 0) is 25.2 Å². The normalized spacial score (nSPS) is 13.2. The average Bonchev–Trinajstić information content (AvgIpc) is 2.02. The third-order valence-electron chi connectivity index (χ3n) is 2.70. The lowest BCUT2D eigenvalue weighted by molar-refractivity contribution is -0.117. The predicted molar refractivity (Wildman–Crippen MR) is 62.4 cm³/mol. The quantitative estimate of drug-likeness (QED) is 0.571. The van der Waals surface area contributed by atoms with Crippen LogP contribution in [0.2, 0.25) is 0 Å². The Morgan fingerprint density at radius 2 is 1.57 bits per heavy atom. The molecule has 0 aromatic rings. The molecule has 0 saturated heterocycles. The Morgan fingerprint density at radius 3 is 2.07 bits per heavy atom. The number of hydrogen-bond donors (Lipinski definition) is 0. The smallest absolute Gasteiger partial charge is 0.129 e. The first-order valence-corrected chi connectivity index (χ1v) is 6.01. The number of hydrogen-bond acceptors (Lipinski definition) is 1. The zero-order valence-corrected chi connectivity index (χ0v) is 10.3. The first-order chi connectivity index (χ1) is 6.52. The van der Waals surface area contributed by atoms with Gasteiger partial charge in [0.1, 0.15) is 5.78 Å². The monoisotopic (exact) mass is 198 g/mol. The lowest BCUT2D eigenvalue weighted by Gasteiger charge is -2.11. The summed E-state index contributed by atoms with van der Waals surface area (Å²) in [5, 5.41) is 0. The van der Waals surface area contributed by atoms with Crippen LogP contribution in [-0.2, 0) is 4.79 Å². The van der Waals surface area contributed by atoms with Gasteiger partial charge < -0.3 is 4.79 Å². The minimum absolute atomic E-state index is 0.333. The van der Waals surface area contributed by atoms with Crippen LogP contribution in [0.5, 0.6) is 0 Å². The molecule has 0 aliphatic rings. The van der Waals surface area contributed by atoms with Gasteiger partial charge in [-0.2, -0.15) is 0 Å². The molecular weight excluding hydrogens is 172 g/mol. The lowest BCUT2D eigenvalue weighted by Crippen LogP contribution is -1.98. The van der Waals surface area contributed by atoms with E-state index in [2.05, 4.69) is 20.8 Å². The Bertz CT molecular complexity index is 149. The van der Waals surface area contributed by atoms with Gasteiger partial charge in [0.15, 0.2) is 0 Å². The highest BCUT2D eigenvalue weighted by atomic mass is 16.1. The highest BCUT2D eigenvalue weighted by molar-refractivity contribution is 5.75. The third-order valence-corrected chi connectivity index (χ3v) is 2.70. The molecule has 1 heteroatoms. The van der Waals surface area contributed by atoms with Gasteiger partial charge in [0.2, 0.25) is 0 Å². The summed E-state index contributed by atoms with van der Waals surface area (Å²) in [5.41, 5.74) is 0. The number of ketones is 1. The minimum Gasteiger partial charge on any atom is -0.300 e. The zero-order valence-electron chi connectivity index (χ0n) is 10.3. The summed E-state index contributed by atoms with van der Waals surface area (Å²) < 4.78 is 0. The molecule has 0 bridgehead atoms. The van der Waals surface area contributed by atoms with Crippen LogP contribution in [0, 0.1) is 11.8 Å². The van der Waals surface area contributed by atoms with Crippen LogP contribution in [0.1, 0.15) is 66.2 Å². The summed E-state index contributed by atoms with van der Waals surface area (Å²) in [6.45, 7) is 8.55. The molecule has 0 aromatic heterocycles. The fourth-order valence-corrected chi connectivity index (χ4v) is 1.72. The molecule has 0 N–H and O–H groups in total. The fourth-order valence-electron chi connectivity index (χ4n) is 1.72. The van der Waals surface area contributed by atoms with Crippen molar-refractivity contribution in [3.8, 4) is 0 Å². The summed E-state index contributed by atoms with van der Waals surface area (Å²) >= 11 is 0. The molecule has 84 valence electrons. The third kappa shape index (κ3) is 9.76. The summed E-state index contributed by atoms with van der Waals surface area (Å²) in [6, 6.07) is 0. The zero-order chi connectivity index (χ0) is 11.0. The Morgan fingerprint density at radius 1 is 1.00 bits per heavy atom. The van der Waals surface area contributed by atoms with Crippen LogP contribution in [-0.4, -0.2) is 5.78 Å².